The molecule has 0 aromatic heterocycles. The number of hydrogen-bond donors (Lipinski definition) is 2. The van der Waals surface area contributed by atoms with Crippen LogP contribution in [0.5, 0.6) is 0 Å². The molecule has 1 aliphatic rings. The molecule has 18 heavy (non-hydrogen) atoms. The number of hydrogen-bond acceptors (Lipinski definition) is 3. The monoisotopic (exact) mass is 266 g/mol. The summed E-state index contributed by atoms with van der Waals surface area (Å²) in [5.74, 6) is -0.0390. The van der Waals surface area contributed by atoms with Crippen molar-refractivity contribution in [3.63, 3.8) is 0 Å². The molecule has 0 saturated carbocycles. The highest BCUT2D eigenvalue weighted by Gasteiger charge is 2.19. The van der Waals surface area contributed by atoms with Crippen molar-refractivity contribution in [2.45, 2.75) is 17.7 Å². The number of carbonyl (C=O) groups is 1. The summed E-state index contributed by atoms with van der Waals surface area (Å²) in [5.41, 5.74) is 1.53. The zero-order valence-corrected chi connectivity index (χ0v) is 10.6. The van der Waals surface area contributed by atoms with Crippen molar-refractivity contribution in [2.75, 3.05) is 11.9 Å². The fourth-order valence-corrected chi connectivity index (χ4v) is 2.83. The molecular formula is C12H14N2O3S. The predicted molar refractivity (Wildman–Crippen MR) is 68.8 cm³/mol. The highest BCUT2D eigenvalue weighted by molar-refractivity contribution is 7.89. The fraction of sp³-hybridized carbons (Fsp3) is 0.250. The molecular weight excluding hydrogens is 252 g/mol. The third kappa shape index (κ3) is 2.60. The highest BCUT2D eigenvalue weighted by Crippen LogP contribution is 2.25. The quantitative estimate of drug-likeness (QED) is 0.799. The van der Waals surface area contributed by atoms with Crippen LogP contribution in [0.15, 0.2) is 35.7 Å². The summed E-state index contributed by atoms with van der Waals surface area (Å²) in [5, 5.41) is 2.71. The molecule has 2 rings (SSSR count). The van der Waals surface area contributed by atoms with Crippen LogP contribution in [0.25, 0.3) is 0 Å². The van der Waals surface area contributed by atoms with Gasteiger partial charge in [0, 0.05) is 18.7 Å². The molecule has 5 nitrogen and oxygen atoms in total. The average Bonchev–Trinajstić information content (AvgIpc) is 2.35. The van der Waals surface area contributed by atoms with E-state index in [-0.39, 0.29) is 17.3 Å². The summed E-state index contributed by atoms with van der Waals surface area (Å²) in [6, 6.07) is 4.70. The minimum atomic E-state index is -3.50. The van der Waals surface area contributed by atoms with Crippen molar-refractivity contribution >= 4 is 21.6 Å². The van der Waals surface area contributed by atoms with E-state index in [9.17, 15) is 13.2 Å². The molecule has 6 heteroatoms. The number of carbonyl (C=O) groups excluding carboxylic acids is 1. The normalized spacial score (nSPS) is 14.8. The van der Waals surface area contributed by atoms with Crippen LogP contribution in [0, 0.1) is 0 Å². The zero-order chi connectivity index (χ0) is 13.2. The average molecular weight is 266 g/mol. The minimum absolute atomic E-state index is 0.0390. The second-order valence-corrected chi connectivity index (χ2v) is 5.77. The van der Waals surface area contributed by atoms with E-state index in [0.717, 1.165) is 5.56 Å². The predicted octanol–water partition coefficient (Wildman–Crippen LogP) is 1.04. The van der Waals surface area contributed by atoms with Gasteiger partial charge in [-0.25, -0.2) is 13.1 Å². The second kappa shape index (κ2) is 4.91. The summed E-state index contributed by atoms with van der Waals surface area (Å²) < 4.78 is 26.2. The topological polar surface area (TPSA) is 75.3 Å². The molecule has 1 amide bonds. The Morgan fingerprint density at radius 1 is 1.39 bits per heavy atom. The van der Waals surface area contributed by atoms with E-state index in [1.807, 2.05) is 0 Å². The van der Waals surface area contributed by atoms with Crippen LogP contribution in [0.4, 0.5) is 5.69 Å². The zero-order valence-electron chi connectivity index (χ0n) is 9.77. The van der Waals surface area contributed by atoms with E-state index < -0.39 is 10.0 Å². The lowest BCUT2D eigenvalue weighted by Gasteiger charge is -2.17. The Hall–Kier alpha value is -1.66. The van der Waals surface area contributed by atoms with Gasteiger partial charge < -0.3 is 5.32 Å². The van der Waals surface area contributed by atoms with Gasteiger partial charge in [0.2, 0.25) is 15.9 Å². The first-order valence-electron chi connectivity index (χ1n) is 5.56. The van der Waals surface area contributed by atoms with Gasteiger partial charge in [0.25, 0.3) is 0 Å². The lowest BCUT2D eigenvalue weighted by Crippen LogP contribution is -2.24. The Morgan fingerprint density at radius 3 is 2.89 bits per heavy atom. The van der Waals surface area contributed by atoms with E-state index in [0.29, 0.717) is 18.5 Å². The molecule has 0 saturated heterocycles. The third-order valence-electron chi connectivity index (χ3n) is 2.70. The summed E-state index contributed by atoms with van der Waals surface area (Å²) in [4.78, 5) is 11.4. The Balaban J connectivity index is 2.31. The summed E-state index contributed by atoms with van der Waals surface area (Å²) in [7, 11) is -3.50. The van der Waals surface area contributed by atoms with Crippen molar-refractivity contribution in [2.24, 2.45) is 0 Å². The second-order valence-electron chi connectivity index (χ2n) is 4.01. The Labute approximate surface area is 106 Å². The van der Waals surface area contributed by atoms with Crippen LogP contribution < -0.4 is 10.0 Å². The van der Waals surface area contributed by atoms with E-state index in [1.54, 1.807) is 12.1 Å². The number of amides is 1. The molecule has 0 spiro atoms. The Bertz CT molecular complexity index is 593. The Kier molecular flexibility index (Phi) is 3.49. The maximum atomic E-state index is 11.9. The van der Waals surface area contributed by atoms with Crippen molar-refractivity contribution in [1.82, 2.24) is 4.72 Å². The smallest absolute Gasteiger partial charge is 0.240 e. The third-order valence-corrected chi connectivity index (χ3v) is 4.12. The summed E-state index contributed by atoms with van der Waals surface area (Å²) in [6.45, 7) is 3.65. The first-order valence-corrected chi connectivity index (χ1v) is 7.04. The maximum absolute atomic E-state index is 11.9. The van der Waals surface area contributed by atoms with Gasteiger partial charge in [0.1, 0.15) is 0 Å². The van der Waals surface area contributed by atoms with Crippen LogP contribution in [0.1, 0.15) is 12.0 Å². The van der Waals surface area contributed by atoms with Crippen LogP contribution in [0.2, 0.25) is 0 Å². The Morgan fingerprint density at radius 2 is 2.17 bits per heavy atom. The first-order chi connectivity index (χ1) is 8.53. The van der Waals surface area contributed by atoms with Crippen LogP contribution in [0.3, 0.4) is 0 Å². The van der Waals surface area contributed by atoms with Gasteiger partial charge in [-0.3, -0.25) is 4.79 Å². The molecule has 1 heterocycles. The molecule has 0 bridgehead atoms. The number of nitrogens with one attached hydrogen (secondary N) is 2. The lowest BCUT2D eigenvalue weighted by molar-refractivity contribution is -0.116. The van der Waals surface area contributed by atoms with Gasteiger partial charge >= 0.3 is 0 Å². The lowest BCUT2D eigenvalue weighted by atomic mass is 10.0. The molecule has 96 valence electrons. The fourth-order valence-electron chi connectivity index (χ4n) is 1.78. The minimum Gasteiger partial charge on any atom is -0.326 e. The highest BCUT2D eigenvalue weighted by atomic mass is 32.2. The SMILES string of the molecule is C=CCNS(=O)(=O)c1ccc2c(c1)CCC(=O)N2. The van der Waals surface area contributed by atoms with Gasteiger partial charge in [-0.15, -0.1) is 6.58 Å². The van der Waals surface area contributed by atoms with Gasteiger partial charge in [-0.05, 0) is 30.2 Å². The molecule has 1 aliphatic heterocycles. The number of sulfonamides is 1. The largest absolute Gasteiger partial charge is 0.326 e. The van der Waals surface area contributed by atoms with E-state index in [4.69, 9.17) is 0 Å². The molecule has 0 aliphatic carbocycles. The van der Waals surface area contributed by atoms with E-state index in [2.05, 4.69) is 16.6 Å². The van der Waals surface area contributed by atoms with E-state index >= 15 is 0 Å². The van der Waals surface area contributed by atoms with Gasteiger partial charge in [0.15, 0.2) is 0 Å². The molecule has 2 N–H and O–H groups in total. The van der Waals surface area contributed by atoms with Gasteiger partial charge in [-0.2, -0.15) is 0 Å². The summed E-state index contributed by atoms with van der Waals surface area (Å²) >= 11 is 0. The number of benzene rings is 1. The van der Waals surface area contributed by atoms with Gasteiger partial charge in [0.05, 0.1) is 4.90 Å². The van der Waals surface area contributed by atoms with Gasteiger partial charge in [-0.1, -0.05) is 6.08 Å². The van der Waals surface area contributed by atoms with Crippen molar-refractivity contribution < 1.29 is 13.2 Å². The molecule has 0 fully saturated rings. The number of fused-ring (bicyclic) bond motifs is 1. The summed E-state index contributed by atoms with van der Waals surface area (Å²) in [6.07, 6.45) is 2.43. The molecule has 0 unspecified atom stereocenters. The molecule has 1 aromatic rings. The van der Waals surface area contributed by atoms with Crippen molar-refractivity contribution in [3.8, 4) is 0 Å². The molecule has 0 atom stereocenters. The maximum Gasteiger partial charge on any atom is 0.240 e. The number of rotatable bonds is 4. The molecule has 1 aromatic carbocycles. The number of aryl methyl sites for hydroxylation is 1. The number of anilines is 1. The van der Waals surface area contributed by atoms with E-state index in [1.165, 1.54) is 12.1 Å². The van der Waals surface area contributed by atoms with Crippen LogP contribution in [-0.2, 0) is 21.2 Å². The first kappa shape index (κ1) is 12.8. The van der Waals surface area contributed by atoms with Crippen molar-refractivity contribution in [3.05, 3.63) is 36.4 Å². The van der Waals surface area contributed by atoms with Crippen LogP contribution in [-0.4, -0.2) is 20.9 Å². The van der Waals surface area contributed by atoms with Crippen LogP contribution >= 0.6 is 0 Å². The van der Waals surface area contributed by atoms with Crippen molar-refractivity contribution in [1.29, 1.82) is 0 Å². The molecule has 0 radical (unpaired) electrons. The standard InChI is InChI=1S/C12H14N2O3S/c1-2-7-13-18(16,17)10-4-5-11-9(8-10)3-6-12(15)14-11/h2,4-5,8,13H,1,3,6-7H2,(H,14,15).